The van der Waals surface area contributed by atoms with E-state index in [0.717, 1.165) is 11.1 Å². The van der Waals surface area contributed by atoms with E-state index in [1.807, 2.05) is 19.9 Å². The highest BCUT2D eigenvalue weighted by atomic mass is 35.5. The minimum absolute atomic E-state index is 0. The Labute approximate surface area is 83.5 Å². The van der Waals surface area contributed by atoms with Crippen molar-refractivity contribution in [1.29, 1.82) is 0 Å². The molecule has 0 aliphatic heterocycles. The third-order valence-corrected chi connectivity index (χ3v) is 1.82. The number of hydrogen-bond donors (Lipinski definition) is 1. The summed E-state index contributed by atoms with van der Waals surface area (Å²) in [6, 6.07) is 1.85. The van der Waals surface area contributed by atoms with E-state index in [-0.39, 0.29) is 18.4 Å². The molecule has 0 bridgehead atoms. The van der Waals surface area contributed by atoms with E-state index in [1.54, 1.807) is 6.20 Å². The fourth-order valence-corrected chi connectivity index (χ4v) is 1.22. The molecule has 2 N–H and O–H groups in total. The summed E-state index contributed by atoms with van der Waals surface area (Å²) in [5.41, 5.74) is 7.83. The molecule has 0 saturated carbocycles. The molecular formula is C8H12Cl2N2. The van der Waals surface area contributed by atoms with E-state index in [2.05, 4.69) is 4.98 Å². The van der Waals surface area contributed by atoms with Crippen molar-refractivity contribution in [3.63, 3.8) is 0 Å². The first-order chi connectivity index (χ1) is 5.11. The maximum atomic E-state index is 5.68. The van der Waals surface area contributed by atoms with E-state index >= 15 is 0 Å². The average Bonchev–Trinajstić information content (AvgIpc) is 1.85. The molecule has 0 radical (unpaired) electrons. The van der Waals surface area contributed by atoms with Gasteiger partial charge in [-0.1, -0.05) is 11.6 Å². The van der Waals surface area contributed by atoms with Gasteiger partial charge in [0, 0.05) is 12.2 Å². The van der Waals surface area contributed by atoms with E-state index < -0.39 is 0 Å². The van der Waals surface area contributed by atoms with Crippen molar-refractivity contribution in [2.75, 3.05) is 0 Å². The normalized spacial score (nSPS) is 12.0. The molecular weight excluding hydrogens is 195 g/mol. The summed E-state index contributed by atoms with van der Waals surface area (Å²) in [4.78, 5) is 3.95. The Hall–Kier alpha value is -0.310. The van der Waals surface area contributed by atoms with Gasteiger partial charge in [-0.2, -0.15) is 0 Å². The summed E-state index contributed by atoms with van der Waals surface area (Å²) in [6.07, 6.45) is 1.72. The Morgan fingerprint density at radius 2 is 2.17 bits per heavy atom. The number of nitrogens with zero attached hydrogens (tertiary/aromatic N) is 1. The maximum Gasteiger partial charge on any atom is 0.129 e. The van der Waals surface area contributed by atoms with Crippen LogP contribution < -0.4 is 5.73 Å². The highest BCUT2D eigenvalue weighted by Gasteiger charge is 2.03. The van der Waals surface area contributed by atoms with Crippen LogP contribution in [0.25, 0.3) is 0 Å². The van der Waals surface area contributed by atoms with Crippen molar-refractivity contribution in [3.05, 3.63) is 28.5 Å². The van der Waals surface area contributed by atoms with Gasteiger partial charge in [0.05, 0.1) is 0 Å². The zero-order valence-corrected chi connectivity index (χ0v) is 8.62. The van der Waals surface area contributed by atoms with Gasteiger partial charge in [-0.3, -0.25) is 0 Å². The smallest absolute Gasteiger partial charge is 0.129 e. The van der Waals surface area contributed by atoms with Crippen LogP contribution in [0.4, 0.5) is 0 Å². The molecule has 68 valence electrons. The quantitative estimate of drug-likeness (QED) is 0.718. The lowest BCUT2D eigenvalue weighted by Crippen LogP contribution is -2.07. The molecule has 12 heavy (non-hydrogen) atoms. The van der Waals surface area contributed by atoms with E-state index in [9.17, 15) is 0 Å². The molecule has 1 atom stereocenters. The number of aryl methyl sites for hydroxylation is 1. The molecule has 1 rings (SSSR count). The third-order valence-electron chi connectivity index (χ3n) is 1.61. The van der Waals surface area contributed by atoms with Crippen molar-refractivity contribution >= 4 is 24.0 Å². The van der Waals surface area contributed by atoms with Gasteiger partial charge < -0.3 is 5.73 Å². The molecule has 0 aliphatic rings. The van der Waals surface area contributed by atoms with Crippen LogP contribution in [-0.4, -0.2) is 4.98 Å². The van der Waals surface area contributed by atoms with Crippen LogP contribution in [0.1, 0.15) is 24.1 Å². The zero-order chi connectivity index (χ0) is 8.43. The Bertz CT molecular complexity index is 261. The molecule has 0 amide bonds. The number of rotatable bonds is 1. The Morgan fingerprint density at radius 1 is 1.58 bits per heavy atom. The van der Waals surface area contributed by atoms with Gasteiger partial charge in [-0.05, 0) is 31.0 Å². The number of aromatic nitrogens is 1. The molecule has 0 aliphatic carbocycles. The van der Waals surface area contributed by atoms with E-state index in [0.29, 0.717) is 5.15 Å². The summed E-state index contributed by atoms with van der Waals surface area (Å²) in [6.45, 7) is 3.91. The molecule has 0 aromatic carbocycles. The topological polar surface area (TPSA) is 38.9 Å². The van der Waals surface area contributed by atoms with Gasteiger partial charge in [0.2, 0.25) is 0 Å². The standard InChI is InChI=1S/C8H11ClN2.ClH/c1-5-3-8(9)11-4-7(5)6(2)10;/h3-4,6H,10H2,1-2H3;1H/t6-;/m1./s1. The maximum absolute atomic E-state index is 5.68. The predicted molar refractivity (Wildman–Crippen MR) is 53.8 cm³/mol. The van der Waals surface area contributed by atoms with Gasteiger partial charge in [0.1, 0.15) is 5.15 Å². The molecule has 1 heterocycles. The van der Waals surface area contributed by atoms with Crippen molar-refractivity contribution in [2.45, 2.75) is 19.9 Å². The first-order valence-corrected chi connectivity index (χ1v) is 3.86. The second-order valence-corrected chi connectivity index (χ2v) is 3.04. The van der Waals surface area contributed by atoms with Crippen molar-refractivity contribution < 1.29 is 0 Å². The fraction of sp³-hybridized carbons (Fsp3) is 0.375. The Kier molecular flexibility index (Phi) is 4.53. The van der Waals surface area contributed by atoms with Crippen molar-refractivity contribution in [3.8, 4) is 0 Å². The van der Waals surface area contributed by atoms with Crippen LogP contribution in [0.5, 0.6) is 0 Å². The second-order valence-electron chi connectivity index (χ2n) is 2.65. The summed E-state index contributed by atoms with van der Waals surface area (Å²) in [5.74, 6) is 0. The number of nitrogens with two attached hydrogens (primary N) is 1. The molecule has 2 nitrogen and oxygen atoms in total. The lowest BCUT2D eigenvalue weighted by molar-refractivity contribution is 0.803. The van der Waals surface area contributed by atoms with Crippen molar-refractivity contribution in [2.24, 2.45) is 5.73 Å². The van der Waals surface area contributed by atoms with Crippen LogP contribution in [0.2, 0.25) is 5.15 Å². The number of pyridine rings is 1. The molecule has 0 unspecified atom stereocenters. The Balaban J connectivity index is 0.00000121. The summed E-state index contributed by atoms with van der Waals surface area (Å²) in [5, 5.41) is 0.520. The van der Waals surface area contributed by atoms with Crippen LogP contribution in [0, 0.1) is 6.92 Å². The zero-order valence-electron chi connectivity index (χ0n) is 7.04. The number of halogens is 2. The monoisotopic (exact) mass is 206 g/mol. The van der Waals surface area contributed by atoms with Gasteiger partial charge in [0.15, 0.2) is 0 Å². The van der Waals surface area contributed by atoms with Crippen molar-refractivity contribution in [1.82, 2.24) is 4.98 Å². The lowest BCUT2D eigenvalue weighted by Gasteiger charge is -2.07. The molecule has 1 aromatic rings. The van der Waals surface area contributed by atoms with Crippen LogP contribution in [0.15, 0.2) is 12.3 Å². The number of hydrogen-bond acceptors (Lipinski definition) is 2. The van der Waals surface area contributed by atoms with Crippen LogP contribution >= 0.6 is 24.0 Å². The average molecular weight is 207 g/mol. The minimum Gasteiger partial charge on any atom is -0.324 e. The third kappa shape index (κ3) is 2.63. The predicted octanol–water partition coefficient (Wildman–Crippen LogP) is 2.48. The highest BCUT2D eigenvalue weighted by Crippen LogP contribution is 2.16. The summed E-state index contributed by atoms with van der Waals surface area (Å²) >= 11 is 5.67. The second kappa shape index (κ2) is 4.65. The molecule has 0 fully saturated rings. The van der Waals surface area contributed by atoms with E-state index in [4.69, 9.17) is 17.3 Å². The Morgan fingerprint density at radius 3 is 2.58 bits per heavy atom. The highest BCUT2D eigenvalue weighted by molar-refractivity contribution is 6.29. The molecule has 1 aromatic heterocycles. The molecule has 0 saturated heterocycles. The van der Waals surface area contributed by atoms with Gasteiger partial charge in [-0.25, -0.2) is 4.98 Å². The largest absolute Gasteiger partial charge is 0.324 e. The van der Waals surface area contributed by atoms with Gasteiger partial charge in [0.25, 0.3) is 0 Å². The minimum atomic E-state index is 0. The van der Waals surface area contributed by atoms with Gasteiger partial charge in [-0.15, -0.1) is 12.4 Å². The fourth-order valence-electron chi connectivity index (χ4n) is 1.01. The molecule has 4 heteroatoms. The first kappa shape index (κ1) is 11.7. The molecule has 0 spiro atoms. The van der Waals surface area contributed by atoms with Crippen LogP contribution in [0.3, 0.4) is 0 Å². The van der Waals surface area contributed by atoms with Gasteiger partial charge >= 0.3 is 0 Å². The SMILES string of the molecule is Cc1cc(Cl)ncc1[C@@H](C)N.Cl. The summed E-state index contributed by atoms with van der Waals surface area (Å²) < 4.78 is 0. The van der Waals surface area contributed by atoms with E-state index in [1.165, 1.54) is 0 Å². The first-order valence-electron chi connectivity index (χ1n) is 3.49. The summed E-state index contributed by atoms with van der Waals surface area (Å²) in [7, 11) is 0. The van der Waals surface area contributed by atoms with Crippen LogP contribution in [-0.2, 0) is 0 Å². The lowest BCUT2D eigenvalue weighted by atomic mass is 10.1.